The van der Waals surface area contributed by atoms with Gasteiger partial charge in [-0.2, -0.15) is 0 Å². The monoisotopic (exact) mass is 667 g/mol. The number of aliphatic hydroxyl groups excluding tert-OH is 4. The zero-order chi connectivity index (χ0) is 35.3. The van der Waals surface area contributed by atoms with Gasteiger partial charge in [0.1, 0.15) is 24.4 Å². The molecule has 3 aromatic heterocycles. The number of rotatable bonds is 7. The number of H-pyrrole nitrogens is 2. The fraction of sp³-hybridized carbons (Fsp3) is 0.395. The summed E-state index contributed by atoms with van der Waals surface area (Å²) in [5, 5.41) is 43.2. The summed E-state index contributed by atoms with van der Waals surface area (Å²) in [4.78, 5) is 30.6. The van der Waals surface area contributed by atoms with Gasteiger partial charge < -0.3 is 40.4 Å². The maximum atomic E-state index is 13.2. The van der Waals surface area contributed by atoms with Crippen molar-refractivity contribution >= 4 is 56.3 Å². The number of ether oxygens (including phenoxy) is 1. The van der Waals surface area contributed by atoms with Gasteiger partial charge >= 0.3 is 0 Å². The number of aliphatic hydroxyl groups is 4. The van der Waals surface area contributed by atoms with Crippen molar-refractivity contribution in [3.05, 3.63) is 75.9 Å². The van der Waals surface area contributed by atoms with Crippen molar-refractivity contribution in [2.75, 3.05) is 6.61 Å². The Labute approximate surface area is 285 Å². The fourth-order valence-electron chi connectivity index (χ4n) is 7.08. The minimum absolute atomic E-state index is 0.0235. The lowest BCUT2D eigenvalue weighted by Crippen LogP contribution is -2.64. The summed E-state index contributed by atoms with van der Waals surface area (Å²) in [7, 11) is 0. The van der Waals surface area contributed by atoms with Crippen molar-refractivity contribution in [3.63, 3.8) is 0 Å². The number of hydrogen-bond acceptors (Lipinski definition) is 8. The molecule has 1 unspecified atom stereocenters. The van der Waals surface area contributed by atoms with Crippen LogP contribution in [0.5, 0.6) is 0 Å². The molecule has 1 saturated heterocycles. The average Bonchev–Trinajstić information content (AvgIpc) is 3.78. The highest BCUT2D eigenvalue weighted by atomic mass is 16.6. The number of fused-ring (bicyclic) bond motifs is 8. The molecule has 49 heavy (non-hydrogen) atoms. The molecule has 258 valence electrons. The third-order valence-electron chi connectivity index (χ3n) is 10.2. The third-order valence-corrected chi connectivity index (χ3v) is 10.2. The van der Waals surface area contributed by atoms with Crippen molar-refractivity contribution in [2.24, 2.45) is 0 Å². The van der Waals surface area contributed by atoms with Crippen LogP contribution in [0.4, 0.5) is 0 Å². The molecule has 5 atom stereocenters. The molecule has 6 rings (SSSR count). The number of nitrogens with zero attached hydrogens (tertiary/aromatic N) is 2. The van der Waals surface area contributed by atoms with E-state index in [9.17, 15) is 25.2 Å². The SMILES string of the molecule is C=Cc1c(C)c2cc3nc(c(C)c4cc(C)c(cc5nc(cc1[nH]2)C(C)=C5CC)[nH]4)C(CCC(=O)N[C@@H]1C(O)O[C@H](CO)[C@@H](O)[C@@H]1O)=C3C. The first kappa shape index (κ1) is 34.5. The largest absolute Gasteiger partial charge is 0.394 e. The van der Waals surface area contributed by atoms with Crippen molar-refractivity contribution in [1.82, 2.24) is 25.3 Å². The highest BCUT2D eigenvalue weighted by molar-refractivity contribution is 5.96. The normalized spacial score (nSPS) is 22.5. The first-order chi connectivity index (χ1) is 23.4. The average molecular weight is 668 g/mol. The van der Waals surface area contributed by atoms with E-state index in [1.54, 1.807) is 0 Å². The lowest BCUT2D eigenvalue weighted by atomic mass is 9.96. The minimum Gasteiger partial charge on any atom is -0.394 e. The van der Waals surface area contributed by atoms with E-state index in [1.807, 2.05) is 26.0 Å². The predicted molar refractivity (Wildman–Crippen MR) is 192 cm³/mol. The van der Waals surface area contributed by atoms with Crippen LogP contribution in [-0.2, 0) is 9.53 Å². The van der Waals surface area contributed by atoms with Gasteiger partial charge in [0.05, 0.1) is 29.4 Å². The van der Waals surface area contributed by atoms with Crippen molar-refractivity contribution in [3.8, 4) is 0 Å². The molecule has 3 aliphatic rings. The fourth-order valence-corrected chi connectivity index (χ4v) is 7.08. The number of hydrogen-bond donors (Lipinski definition) is 7. The van der Waals surface area contributed by atoms with Crippen LogP contribution in [0.2, 0.25) is 0 Å². The number of carbonyl (C=O) groups excluding carboxylic acids is 1. The van der Waals surface area contributed by atoms with Crippen LogP contribution in [0.1, 0.15) is 85.1 Å². The summed E-state index contributed by atoms with van der Waals surface area (Å²) in [5.74, 6) is -0.443. The number of allylic oxidation sites excluding steroid dienone is 4. The highest BCUT2D eigenvalue weighted by Gasteiger charge is 2.44. The smallest absolute Gasteiger partial charge is 0.220 e. The van der Waals surface area contributed by atoms with Crippen LogP contribution in [-0.4, -0.2) is 83.5 Å². The van der Waals surface area contributed by atoms with Crippen LogP contribution < -0.4 is 5.32 Å². The van der Waals surface area contributed by atoms with Crippen LogP contribution in [0, 0.1) is 20.8 Å². The molecule has 0 radical (unpaired) electrons. The van der Waals surface area contributed by atoms with E-state index in [4.69, 9.17) is 14.7 Å². The Morgan fingerprint density at radius 1 is 0.878 bits per heavy atom. The van der Waals surface area contributed by atoms with Gasteiger partial charge in [0.25, 0.3) is 0 Å². The number of aromatic amines is 2. The lowest BCUT2D eigenvalue weighted by Gasteiger charge is -2.40. The Morgan fingerprint density at radius 2 is 1.51 bits per heavy atom. The number of amides is 1. The molecule has 0 aromatic carbocycles. The van der Waals surface area contributed by atoms with Crippen LogP contribution in [0.15, 0.2) is 30.8 Å². The zero-order valence-electron chi connectivity index (χ0n) is 28.8. The van der Waals surface area contributed by atoms with Crippen molar-refractivity contribution < 1.29 is 30.0 Å². The lowest BCUT2D eigenvalue weighted by molar-refractivity contribution is -0.253. The quantitative estimate of drug-likeness (QED) is 0.187. The second-order valence-electron chi connectivity index (χ2n) is 13.1. The molecule has 6 heterocycles. The first-order valence-corrected chi connectivity index (χ1v) is 16.7. The van der Waals surface area contributed by atoms with Gasteiger partial charge in [-0.15, -0.1) is 0 Å². The second kappa shape index (κ2) is 13.5. The van der Waals surface area contributed by atoms with E-state index in [2.05, 4.69) is 67.8 Å². The summed E-state index contributed by atoms with van der Waals surface area (Å²) in [6.45, 7) is 15.9. The molecule has 0 saturated carbocycles. The van der Waals surface area contributed by atoms with Gasteiger partial charge in [-0.1, -0.05) is 19.6 Å². The topological polar surface area (TPSA) is 177 Å². The van der Waals surface area contributed by atoms with E-state index < -0.39 is 43.2 Å². The third kappa shape index (κ3) is 6.17. The number of carbonyl (C=O) groups is 1. The van der Waals surface area contributed by atoms with Gasteiger partial charge in [-0.25, -0.2) is 9.97 Å². The number of aromatic nitrogens is 4. The van der Waals surface area contributed by atoms with Crippen molar-refractivity contribution in [2.45, 2.75) is 91.4 Å². The highest BCUT2D eigenvalue weighted by Crippen LogP contribution is 2.37. The zero-order valence-corrected chi connectivity index (χ0v) is 28.8. The molecule has 7 N–H and O–H groups in total. The first-order valence-electron chi connectivity index (χ1n) is 16.7. The molecule has 1 fully saturated rings. The Balaban J connectivity index is 1.47. The van der Waals surface area contributed by atoms with Gasteiger partial charge in [0.15, 0.2) is 6.29 Å². The van der Waals surface area contributed by atoms with Crippen LogP contribution >= 0.6 is 0 Å². The Kier molecular flexibility index (Phi) is 9.49. The molecule has 11 nitrogen and oxygen atoms in total. The number of aryl methyl sites for hydroxylation is 3. The Bertz CT molecular complexity index is 2070. The second-order valence-corrected chi connectivity index (χ2v) is 13.1. The minimum atomic E-state index is -1.59. The summed E-state index contributed by atoms with van der Waals surface area (Å²) >= 11 is 0. The van der Waals surface area contributed by atoms with E-state index in [1.165, 1.54) is 5.57 Å². The van der Waals surface area contributed by atoms with Crippen LogP contribution in [0.25, 0.3) is 50.4 Å². The summed E-state index contributed by atoms with van der Waals surface area (Å²) < 4.78 is 5.21. The molecule has 0 spiro atoms. The van der Waals surface area contributed by atoms with E-state index in [0.29, 0.717) is 6.42 Å². The maximum Gasteiger partial charge on any atom is 0.220 e. The van der Waals surface area contributed by atoms with Gasteiger partial charge in [0.2, 0.25) is 5.91 Å². The molecular weight excluding hydrogens is 622 g/mol. The summed E-state index contributed by atoms with van der Waals surface area (Å²) in [5.41, 5.74) is 15.2. The van der Waals surface area contributed by atoms with E-state index >= 15 is 0 Å². The molecule has 1 amide bonds. The molecule has 0 aliphatic carbocycles. The van der Waals surface area contributed by atoms with Gasteiger partial charge in [0, 0.05) is 34.1 Å². The molecule has 3 aromatic rings. The Hall–Kier alpha value is -4.39. The van der Waals surface area contributed by atoms with Gasteiger partial charge in [-0.05, 0) is 111 Å². The van der Waals surface area contributed by atoms with E-state index in [0.717, 1.165) is 90.2 Å². The maximum absolute atomic E-state index is 13.2. The molecular formula is C38H45N5O6. The summed E-state index contributed by atoms with van der Waals surface area (Å²) in [6.07, 6.45) is -2.69. The molecule has 8 bridgehead atoms. The van der Waals surface area contributed by atoms with Crippen LogP contribution in [0.3, 0.4) is 0 Å². The predicted octanol–water partition coefficient (Wildman–Crippen LogP) is 4.85. The van der Waals surface area contributed by atoms with Crippen molar-refractivity contribution in [1.29, 1.82) is 0 Å². The van der Waals surface area contributed by atoms with E-state index in [-0.39, 0.29) is 6.42 Å². The molecule has 3 aliphatic heterocycles. The number of nitrogens with one attached hydrogen (secondary N) is 3. The standard InChI is InChI=1S/C38H45N5O6/c1-8-22-19(5)28-15-31-23(9-2)18(4)27(40-31)14-29-20(6)24(10-11-33(45)43-35-37(47)36(46)32(16-44)49-38(35)48)34(42-29)21(7)26-12-17(3)25(39-26)13-30(22)41-28/h9,12-15,32,35-40,44,46-48H,2,8,10-11,16H2,1,3-7H3,(H,43,45)/t32-,35+,36-,37-,38?/m1/s1. The Morgan fingerprint density at radius 3 is 2.20 bits per heavy atom. The summed E-state index contributed by atoms with van der Waals surface area (Å²) in [6, 6.07) is 7.06. The van der Waals surface area contributed by atoms with Gasteiger partial charge in [-0.3, -0.25) is 4.79 Å². The molecule has 11 heteroatoms.